The van der Waals surface area contributed by atoms with E-state index in [-0.39, 0.29) is 11.6 Å². The molecule has 0 spiro atoms. The van der Waals surface area contributed by atoms with Gasteiger partial charge in [0.05, 0.1) is 0 Å². The molecule has 0 bridgehead atoms. The number of halogens is 1. The van der Waals surface area contributed by atoms with Crippen molar-refractivity contribution in [3.8, 4) is 5.75 Å². The van der Waals surface area contributed by atoms with Gasteiger partial charge in [0.25, 0.3) is 11.8 Å². The van der Waals surface area contributed by atoms with Crippen molar-refractivity contribution in [2.24, 2.45) is 0 Å². The summed E-state index contributed by atoms with van der Waals surface area (Å²) in [5, 5.41) is 8.73. The molecule has 264 valence electrons. The highest BCUT2D eigenvalue weighted by Gasteiger charge is 2.23. The van der Waals surface area contributed by atoms with Crippen molar-refractivity contribution in [2.45, 2.75) is 23.7 Å². The van der Waals surface area contributed by atoms with Crippen LogP contribution in [0.3, 0.4) is 0 Å². The molecule has 6 rings (SSSR count). The molecular weight excluding hydrogens is 702 g/mol. The van der Waals surface area contributed by atoms with Crippen LogP contribution in [0.15, 0.2) is 168 Å². The fraction of sp³-hybridized carbons (Fsp3) is 0.0682. The molecule has 0 aliphatic rings. The van der Waals surface area contributed by atoms with Crippen molar-refractivity contribution in [3.63, 3.8) is 0 Å². The van der Waals surface area contributed by atoms with E-state index in [0.29, 0.717) is 39.9 Å². The van der Waals surface area contributed by atoms with Gasteiger partial charge < -0.3 is 20.7 Å². The topological polar surface area (TPSA) is 96.5 Å². The molecule has 3 amide bonds. The van der Waals surface area contributed by atoms with E-state index in [1.54, 1.807) is 54.6 Å². The van der Waals surface area contributed by atoms with Crippen LogP contribution < -0.4 is 20.7 Å². The van der Waals surface area contributed by atoms with Gasteiger partial charge in [-0.25, -0.2) is 0 Å². The maximum Gasteiger partial charge on any atom is 0.272 e. The number of nitrogens with one attached hydrogen (secondary N) is 3. The number of ether oxygens (including phenoxy) is 1. The Morgan fingerprint density at radius 1 is 0.717 bits per heavy atom. The monoisotopic (exact) mass is 737 g/mol. The van der Waals surface area contributed by atoms with Gasteiger partial charge in [-0.3, -0.25) is 14.4 Å². The molecule has 6 aromatic carbocycles. The molecule has 9 heteroatoms. The molecule has 0 aliphatic heterocycles. The summed E-state index contributed by atoms with van der Waals surface area (Å²) in [6.07, 6.45) is 1.62. The van der Waals surface area contributed by atoms with Gasteiger partial charge >= 0.3 is 0 Å². The van der Waals surface area contributed by atoms with Gasteiger partial charge in [-0.1, -0.05) is 109 Å². The van der Waals surface area contributed by atoms with Gasteiger partial charge in [-0.05, 0) is 95.9 Å². The third kappa shape index (κ3) is 10.3. The second kappa shape index (κ2) is 17.9. The number of benzene rings is 6. The zero-order valence-corrected chi connectivity index (χ0v) is 30.4. The molecule has 1 unspecified atom stereocenters. The maximum atomic E-state index is 13.7. The summed E-state index contributed by atoms with van der Waals surface area (Å²) in [6.45, 7) is 2.29. The van der Waals surface area contributed by atoms with Gasteiger partial charge in [0.2, 0.25) is 5.91 Å². The molecule has 0 radical (unpaired) electrons. The Morgan fingerprint density at radius 2 is 1.36 bits per heavy atom. The maximum absolute atomic E-state index is 13.7. The highest BCUT2D eigenvalue weighted by atomic mass is 35.5. The minimum atomic E-state index is -0.562. The predicted molar refractivity (Wildman–Crippen MR) is 214 cm³/mol. The molecule has 0 aliphatic carbocycles. The second-order valence-corrected chi connectivity index (χ2v) is 13.6. The number of thioether (sulfide) groups is 1. The van der Waals surface area contributed by atoms with E-state index in [0.717, 1.165) is 21.6 Å². The Kier molecular flexibility index (Phi) is 12.4. The Bertz CT molecular complexity index is 2200. The Morgan fingerprint density at radius 3 is 2.04 bits per heavy atom. The molecule has 6 aromatic rings. The minimum absolute atomic E-state index is 0.0624. The van der Waals surface area contributed by atoms with Crippen LogP contribution in [0.25, 0.3) is 6.08 Å². The average Bonchev–Trinajstić information content (AvgIpc) is 3.19. The molecule has 0 saturated carbocycles. The number of carbonyl (C=O) groups is 3. The molecule has 0 aromatic heterocycles. The van der Waals surface area contributed by atoms with E-state index in [9.17, 15) is 14.4 Å². The van der Waals surface area contributed by atoms with Crippen molar-refractivity contribution in [1.82, 2.24) is 5.32 Å². The van der Waals surface area contributed by atoms with E-state index in [1.807, 2.05) is 116 Å². The number of hydrogen-bond acceptors (Lipinski definition) is 5. The summed E-state index contributed by atoms with van der Waals surface area (Å²) in [5.74, 6) is -0.434. The summed E-state index contributed by atoms with van der Waals surface area (Å²) in [7, 11) is 0. The summed E-state index contributed by atoms with van der Waals surface area (Å²) in [6, 6.07) is 48.0. The minimum Gasteiger partial charge on any atom is -0.489 e. The first-order valence-electron chi connectivity index (χ1n) is 16.9. The highest BCUT2D eigenvalue weighted by molar-refractivity contribution is 8.00. The number of rotatable bonds is 13. The van der Waals surface area contributed by atoms with Crippen LogP contribution in [0.4, 0.5) is 11.4 Å². The van der Waals surface area contributed by atoms with Crippen molar-refractivity contribution in [3.05, 3.63) is 196 Å². The molecule has 53 heavy (non-hydrogen) atoms. The largest absolute Gasteiger partial charge is 0.489 e. The molecule has 0 heterocycles. The van der Waals surface area contributed by atoms with Crippen LogP contribution in [0.1, 0.15) is 37.9 Å². The number of hydrogen-bond donors (Lipinski definition) is 3. The summed E-state index contributed by atoms with van der Waals surface area (Å²) >= 11 is 7.69. The van der Waals surface area contributed by atoms with Crippen LogP contribution >= 0.6 is 23.4 Å². The normalized spacial score (nSPS) is 11.6. The first-order valence-corrected chi connectivity index (χ1v) is 18.1. The van der Waals surface area contributed by atoms with Crippen LogP contribution in [-0.4, -0.2) is 17.7 Å². The summed E-state index contributed by atoms with van der Waals surface area (Å²) < 4.78 is 5.91. The van der Waals surface area contributed by atoms with Crippen molar-refractivity contribution >= 4 is 58.5 Å². The van der Waals surface area contributed by atoms with Gasteiger partial charge in [0, 0.05) is 26.9 Å². The van der Waals surface area contributed by atoms with Gasteiger partial charge in [0.1, 0.15) is 23.3 Å². The highest BCUT2D eigenvalue weighted by Crippen LogP contribution is 2.37. The Hall–Kier alpha value is -6.09. The smallest absolute Gasteiger partial charge is 0.272 e. The third-order valence-corrected chi connectivity index (χ3v) is 9.88. The zero-order valence-electron chi connectivity index (χ0n) is 28.8. The van der Waals surface area contributed by atoms with Crippen molar-refractivity contribution in [2.75, 3.05) is 10.6 Å². The Labute approximate surface area is 318 Å². The van der Waals surface area contributed by atoms with E-state index in [2.05, 4.69) is 16.0 Å². The fourth-order valence-corrected chi connectivity index (χ4v) is 6.50. The lowest BCUT2D eigenvalue weighted by Gasteiger charge is -2.18. The number of anilines is 2. The van der Waals surface area contributed by atoms with Crippen LogP contribution in [-0.2, 0) is 16.2 Å². The van der Waals surface area contributed by atoms with Crippen molar-refractivity contribution < 1.29 is 19.1 Å². The van der Waals surface area contributed by atoms with Crippen LogP contribution in [0.2, 0.25) is 5.02 Å². The molecule has 1 atom stereocenters. The summed E-state index contributed by atoms with van der Waals surface area (Å²) in [4.78, 5) is 41.3. The fourth-order valence-electron chi connectivity index (χ4n) is 5.30. The number of amides is 3. The molecule has 7 nitrogen and oxygen atoms in total. The lowest BCUT2D eigenvalue weighted by molar-refractivity contribution is -0.116. The predicted octanol–water partition coefficient (Wildman–Crippen LogP) is 10.1. The first-order chi connectivity index (χ1) is 25.8. The van der Waals surface area contributed by atoms with E-state index < -0.39 is 17.1 Å². The molecular formula is C44H36ClN3O4S. The van der Waals surface area contributed by atoms with Gasteiger partial charge in [-0.2, -0.15) is 0 Å². The molecule has 3 N–H and O–H groups in total. The van der Waals surface area contributed by atoms with Crippen LogP contribution in [0.5, 0.6) is 5.75 Å². The quantitative estimate of drug-likeness (QED) is 0.0810. The zero-order chi connectivity index (χ0) is 37.0. The van der Waals surface area contributed by atoms with Crippen molar-refractivity contribution in [1.29, 1.82) is 0 Å². The number of carbonyl (C=O) groups excluding carboxylic acids is 3. The lowest BCUT2D eigenvalue weighted by atomic mass is 10.1. The molecule has 0 fully saturated rings. The van der Waals surface area contributed by atoms with Gasteiger partial charge in [0.15, 0.2) is 0 Å². The average molecular weight is 738 g/mol. The van der Waals surface area contributed by atoms with Gasteiger partial charge in [-0.15, -0.1) is 11.8 Å². The standard InChI is InChI=1S/C44H36ClN3O4S/c1-30-38(45)18-11-19-39(30)47-44(51)41(33-14-7-3-8-15-33)53-37-26-22-35(23-27-37)46-43(50)40(48-42(49)34-16-9-4-10-17-34)28-31-20-24-36(25-21-31)52-29-32-12-5-2-6-13-32/h2-28,41H,29H2,1H3,(H,46,50)(H,47,51)(H,48,49)/b40-28-. The third-order valence-electron chi connectivity index (χ3n) is 8.20. The summed E-state index contributed by atoms with van der Waals surface area (Å²) in [5.41, 5.74) is 5.02. The van der Waals surface area contributed by atoms with E-state index >= 15 is 0 Å². The van der Waals surface area contributed by atoms with E-state index in [1.165, 1.54) is 11.8 Å². The lowest BCUT2D eigenvalue weighted by Crippen LogP contribution is -2.30. The second-order valence-electron chi connectivity index (χ2n) is 12.0. The molecule has 0 saturated heterocycles. The van der Waals surface area contributed by atoms with E-state index in [4.69, 9.17) is 16.3 Å². The SMILES string of the molecule is Cc1c(Cl)cccc1NC(=O)C(Sc1ccc(NC(=O)/C(=C/c2ccc(OCc3ccccc3)cc2)NC(=O)c2ccccc2)cc1)c1ccccc1. The van der Waals surface area contributed by atoms with Crippen LogP contribution in [0, 0.1) is 6.92 Å². The Balaban J connectivity index is 1.17. The first kappa shape index (κ1) is 36.7.